The summed E-state index contributed by atoms with van der Waals surface area (Å²) in [7, 11) is -3.72. The Bertz CT molecular complexity index is 2910. The maximum Gasteiger partial charge on any atom is 0.246 e. The van der Waals surface area contributed by atoms with E-state index < -0.39 is 45.1 Å². The molecule has 408 valence electrons. The summed E-state index contributed by atoms with van der Waals surface area (Å²) in [6, 6.07) is 20.7. The Labute approximate surface area is 451 Å². The second-order valence-electron chi connectivity index (χ2n) is 21.8. The fraction of sp³-hybridized carbons (Fsp3) is 0.473. The summed E-state index contributed by atoms with van der Waals surface area (Å²) in [6.07, 6.45) is 3.13. The zero-order valence-corrected chi connectivity index (χ0v) is 46.5. The third kappa shape index (κ3) is 16.0. The van der Waals surface area contributed by atoms with Crippen molar-refractivity contribution in [2.75, 3.05) is 61.3 Å². The van der Waals surface area contributed by atoms with E-state index in [4.69, 9.17) is 0 Å². The summed E-state index contributed by atoms with van der Waals surface area (Å²) in [5, 5.41) is 26.0. The van der Waals surface area contributed by atoms with Gasteiger partial charge in [0.1, 0.15) is 17.9 Å². The Kier molecular flexibility index (Phi) is 18.9. The van der Waals surface area contributed by atoms with Crippen molar-refractivity contribution in [3.8, 4) is 10.4 Å². The molecule has 0 saturated carbocycles. The Hall–Kier alpha value is -6.52. The smallest absolute Gasteiger partial charge is 0.246 e. The second-order valence-corrected chi connectivity index (χ2v) is 24.3. The van der Waals surface area contributed by atoms with Crippen LogP contribution < -0.4 is 36.2 Å². The number of unbranched alkanes of at least 4 members (excludes halogenated alkanes) is 2. The van der Waals surface area contributed by atoms with Crippen LogP contribution >= 0.6 is 11.3 Å². The van der Waals surface area contributed by atoms with Crippen molar-refractivity contribution < 1.29 is 32.7 Å². The predicted octanol–water partition coefficient (Wildman–Crippen LogP) is 6.39. The zero-order chi connectivity index (χ0) is 54.8. The Morgan fingerprint density at radius 3 is 2.22 bits per heavy atom. The summed E-state index contributed by atoms with van der Waals surface area (Å²) in [4.78, 5) is 74.2. The van der Waals surface area contributed by atoms with Crippen LogP contribution in [0.5, 0.6) is 0 Å². The van der Waals surface area contributed by atoms with Crippen molar-refractivity contribution in [1.29, 1.82) is 0 Å². The Morgan fingerprint density at radius 2 is 1.55 bits per heavy atom. The topological polar surface area (TPSA) is 243 Å². The van der Waals surface area contributed by atoms with Gasteiger partial charge in [0, 0.05) is 93.0 Å². The standard InChI is InChI=1S/C55H74N12O7S2/c1-36-31-58-53(63-50(36)60-41-13-12-14-44(29-41)76(73,74)64-55(6,7)8)61-40-20-22-42(23-21-40)66-27-25-65(26-28-66)34-47(70)56-24-11-9-10-15-46(69)62-49(54(3,4)5)52(72)67-33-43(68)30-45(67)51(71)57-32-38-16-18-39(19-17-38)48-37(2)59-35-75-48/h12-14,16-23,29,31,35,43,45,49,64,68H,9-11,15,24-28,30,32-34H2,1-8H3,(H,56,70)(H,57,71)(H,62,69)(H2,58,60,61,63)/t43-,45+,49-/m1/s1. The van der Waals surface area contributed by atoms with Crippen molar-refractivity contribution in [3.05, 3.63) is 101 Å². The highest BCUT2D eigenvalue weighted by atomic mass is 32.2. The molecule has 0 radical (unpaired) electrons. The zero-order valence-electron chi connectivity index (χ0n) is 44.9. The number of hydrogen-bond donors (Lipinski definition) is 7. The first-order valence-electron chi connectivity index (χ1n) is 25.9. The number of benzene rings is 3. The van der Waals surface area contributed by atoms with Gasteiger partial charge in [0.2, 0.25) is 39.6 Å². The van der Waals surface area contributed by atoms with Crippen LogP contribution in [0.4, 0.5) is 28.8 Å². The fourth-order valence-corrected chi connectivity index (χ4v) is 11.4. The molecule has 76 heavy (non-hydrogen) atoms. The van der Waals surface area contributed by atoms with Crippen LogP contribution in [0.1, 0.15) is 90.5 Å². The van der Waals surface area contributed by atoms with E-state index in [-0.39, 0.29) is 48.5 Å². The number of β-amino-alcohol motifs (C(OH)–C–C–N with tert-alkyl or cyclic N) is 1. The summed E-state index contributed by atoms with van der Waals surface area (Å²) in [5.41, 5.74) is 6.66. The number of hydrogen-bond acceptors (Lipinski definition) is 15. The van der Waals surface area contributed by atoms with Gasteiger partial charge in [0.25, 0.3) is 0 Å². The molecular weight excluding hydrogens is 1000 g/mol. The Balaban J connectivity index is 0.783. The number of aliphatic hydroxyl groups excluding tert-OH is 1. The number of aliphatic hydroxyl groups is 1. The minimum atomic E-state index is -3.72. The van der Waals surface area contributed by atoms with Crippen LogP contribution in [0.2, 0.25) is 0 Å². The van der Waals surface area contributed by atoms with Gasteiger partial charge in [-0.2, -0.15) is 4.98 Å². The molecule has 2 aliphatic rings. The van der Waals surface area contributed by atoms with E-state index in [1.54, 1.807) is 62.6 Å². The molecule has 2 aliphatic heterocycles. The molecular formula is C55H74N12O7S2. The average molecular weight is 1080 g/mol. The quantitative estimate of drug-likeness (QED) is 0.0394. The van der Waals surface area contributed by atoms with E-state index in [0.29, 0.717) is 49.8 Å². The van der Waals surface area contributed by atoms with Gasteiger partial charge in [-0.05, 0) is 106 Å². The lowest BCUT2D eigenvalue weighted by molar-refractivity contribution is -0.144. The van der Waals surface area contributed by atoms with Gasteiger partial charge in [-0.15, -0.1) is 11.3 Å². The largest absolute Gasteiger partial charge is 0.391 e. The summed E-state index contributed by atoms with van der Waals surface area (Å²) in [6.45, 7) is 18.8. The van der Waals surface area contributed by atoms with Crippen molar-refractivity contribution in [3.63, 3.8) is 0 Å². The number of sulfonamides is 1. The average Bonchev–Trinajstić information content (AvgIpc) is 3.99. The van der Waals surface area contributed by atoms with Crippen LogP contribution in [-0.2, 0) is 35.7 Å². The van der Waals surface area contributed by atoms with E-state index in [9.17, 15) is 32.7 Å². The van der Waals surface area contributed by atoms with Crippen LogP contribution in [0.15, 0.2) is 89.4 Å². The van der Waals surface area contributed by atoms with E-state index in [2.05, 4.69) is 56.1 Å². The molecule has 4 heterocycles. The fourth-order valence-electron chi connectivity index (χ4n) is 9.11. The first-order valence-corrected chi connectivity index (χ1v) is 28.3. The number of anilines is 5. The third-order valence-electron chi connectivity index (χ3n) is 13.2. The molecule has 0 unspecified atom stereocenters. The summed E-state index contributed by atoms with van der Waals surface area (Å²) in [5.74, 6) is -0.156. The number of rotatable bonds is 21. The highest BCUT2D eigenvalue weighted by molar-refractivity contribution is 7.89. The van der Waals surface area contributed by atoms with Gasteiger partial charge in [-0.1, -0.05) is 57.5 Å². The van der Waals surface area contributed by atoms with E-state index in [0.717, 1.165) is 64.8 Å². The van der Waals surface area contributed by atoms with Gasteiger partial charge in [-0.3, -0.25) is 24.1 Å². The number of nitrogens with one attached hydrogen (secondary N) is 6. The van der Waals surface area contributed by atoms with Crippen LogP contribution in [0.25, 0.3) is 10.4 Å². The van der Waals surface area contributed by atoms with Gasteiger partial charge >= 0.3 is 0 Å². The number of amides is 4. The highest BCUT2D eigenvalue weighted by Gasteiger charge is 2.44. The number of thiazole rings is 1. The monoisotopic (exact) mass is 1080 g/mol. The van der Waals surface area contributed by atoms with E-state index in [1.807, 2.05) is 88.7 Å². The molecule has 19 nitrogen and oxygen atoms in total. The highest BCUT2D eigenvalue weighted by Crippen LogP contribution is 2.30. The number of carbonyl (C=O) groups excluding carboxylic acids is 4. The van der Waals surface area contributed by atoms with Crippen LogP contribution in [0.3, 0.4) is 0 Å². The van der Waals surface area contributed by atoms with Crippen molar-refractivity contribution in [2.45, 2.75) is 123 Å². The molecule has 2 saturated heterocycles. The van der Waals surface area contributed by atoms with Gasteiger partial charge in [-0.25, -0.2) is 23.1 Å². The molecule has 7 rings (SSSR count). The number of aryl methyl sites for hydroxylation is 2. The molecule has 3 atom stereocenters. The number of piperazine rings is 1. The molecule has 4 amide bonds. The van der Waals surface area contributed by atoms with Crippen molar-refractivity contribution in [1.82, 2.24) is 45.4 Å². The number of aromatic nitrogens is 3. The molecule has 7 N–H and O–H groups in total. The van der Waals surface area contributed by atoms with Crippen molar-refractivity contribution >= 4 is 73.8 Å². The lowest BCUT2D eigenvalue weighted by Crippen LogP contribution is -2.57. The van der Waals surface area contributed by atoms with E-state index >= 15 is 0 Å². The summed E-state index contributed by atoms with van der Waals surface area (Å²) < 4.78 is 28.6. The van der Waals surface area contributed by atoms with E-state index in [1.165, 1.54) is 4.90 Å². The lowest BCUT2D eigenvalue weighted by Gasteiger charge is -2.35. The number of nitrogens with zero attached hydrogens (tertiary/aromatic N) is 6. The molecule has 3 aromatic carbocycles. The van der Waals surface area contributed by atoms with Crippen molar-refractivity contribution in [2.24, 2.45) is 5.41 Å². The molecule has 5 aromatic rings. The minimum Gasteiger partial charge on any atom is -0.391 e. The summed E-state index contributed by atoms with van der Waals surface area (Å²) >= 11 is 1.57. The lowest BCUT2D eigenvalue weighted by atomic mass is 9.85. The number of carbonyl (C=O) groups is 4. The first-order chi connectivity index (χ1) is 36.0. The normalized spacial score (nSPS) is 16.8. The second kappa shape index (κ2) is 25.1. The van der Waals surface area contributed by atoms with Crippen LogP contribution in [0, 0.1) is 19.3 Å². The minimum absolute atomic E-state index is 0.00132. The molecule has 2 fully saturated rings. The Morgan fingerprint density at radius 1 is 0.829 bits per heavy atom. The third-order valence-corrected chi connectivity index (χ3v) is 15.9. The molecule has 0 aliphatic carbocycles. The maximum atomic E-state index is 14.1. The SMILES string of the molecule is Cc1cnc(Nc2ccc(N3CCN(CC(=O)NCCCCCC(=O)N[C@H](C(=O)N4C[C@H](O)C[C@H]4C(=O)NCc4ccc(-c5scnc5C)cc4)C(C)(C)C)CC3)cc2)nc1Nc1cccc(S(=O)(=O)NC(C)(C)C)c1. The first kappa shape index (κ1) is 57.2. The molecule has 2 aromatic heterocycles. The molecule has 21 heteroatoms. The molecule has 0 spiro atoms. The molecule has 0 bridgehead atoms. The van der Waals surface area contributed by atoms with Crippen LogP contribution in [-0.4, -0.2) is 131 Å². The van der Waals surface area contributed by atoms with Gasteiger partial charge in [0.15, 0.2) is 0 Å². The van der Waals surface area contributed by atoms with Gasteiger partial charge in [0.05, 0.1) is 33.6 Å². The number of likely N-dealkylation sites (tertiary alicyclic amines) is 1. The predicted molar refractivity (Wildman–Crippen MR) is 298 cm³/mol. The maximum absolute atomic E-state index is 14.1. The van der Waals surface area contributed by atoms with Gasteiger partial charge < -0.3 is 41.5 Å².